The number of aliphatic carboxylic acids is 1. The number of amides is 6. The van der Waals surface area contributed by atoms with Crippen LogP contribution in [-0.4, -0.2) is 221 Å². The highest BCUT2D eigenvalue weighted by molar-refractivity contribution is 6.12. The molecule has 5 heterocycles. The van der Waals surface area contributed by atoms with Gasteiger partial charge in [0.25, 0.3) is 11.8 Å². The monoisotopic (exact) mass is 1230 g/mol. The number of rotatable bonds is 24. The average Bonchev–Trinajstić information content (AvgIpc) is 3.09. The van der Waals surface area contributed by atoms with Crippen molar-refractivity contribution < 1.29 is 108 Å². The number of unbranched alkanes of at least 4 members (excludes halogenated alkanes) is 2. The van der Waals surface area contributed by atoms with Gasteiger partial charge in [0, 0.05) is 82.5 Å². The molecule has 1 aromatic rings. The zero-order valence-corrected chi connectivity index (χ0v) is 49.9. The number of carboxylic acids is 1. The molecule has 10 N–H and O–H groups in total. The largest absolute Gasteiger partial charge is 0.479 e. The van der Waals surface area contributed by atoms with Crippen molar-refractivity contribution in [2.45, 2.75) is 191 Å². The van der Waals surface area contributed by atoms with E-state index in [0.29, 0.717) is 43.2 Å². The van der Waals surface area contributed by atoms with E-state index in [2.05, 4.69) is 10.6 Å². The Morgan fingerprint density at radius 1 is 0.897 bits per heavy atom. The van der Waals surface area contributed by atoms with Gasteiger partial charge >= 0.3 is 24.1 Å². The predicted molar refractivity (Wildman–Crippen MR) is 306 cm³/mol. The first-order chi connectivity index (χ1) is 41.1. The molecular formula is C60H85N5O22. The Bertz CT molecular complexity index is 2710. The average molecular weight is 1230 g/mol. The van der Waals surface area contributed by atoms with Crippen LogP contribution in [0, 0.1) is 11.8 Å². The second-order valence-electron chi connectivity index (χ2n) is 23.3. The molecule has 0 aromatic heterocycles. The SMILES string of the molecule is CC[C@H](O)[C@@H](C)[C@@H]1O[C@@H]1C[C@@](C)(O)/C=C/C=C(\C)[C@H]1OC(=O)C[C@H](O)CC[C@@](C)(O)[C@@H](OC(=O)N2CCN(C(=O)OCc3ccc(O[C@@H]4O[C@H](C(=O)O)[C@@H](O)[C@H](O)[C@H]4O)c(NC(=O)CCNC(=O)CCCCCN4C(=O)C=CC4=O)c3)CC2)/C=C\[C@@H]1C. The van der Waals surface area contributed by atoms with Crippen LogP contribution in [-0.2, 0) is 59.1 Å². The van der Waals surface area contributed by atoms with Crippen molar-refractivity contribution >= 4 is 53.4 Å². The number of aliphatic hydroxyl groups is 7. The van der Waals surface area contributed by atoms with Gasteiger partial charge in [0.05, 0.1) is 42.1 Å². The standard InChI is InChI=1S/C60H85N5O22/c1-7-40(67)36(4)53-42(83-53)32-59(5,80)22-11-12-34(2)52-35(3)14-17-43(60(6,81)23-20-38(66)31-48(72)86-52)85-58(79)64-28-26-63(27-29-64)57(78)82-33-37-15-16-41(84-56-51(75)49(73)50(74)54(87-56)55(76)77)39(30-37)62-45(69)21-24-61-44(68)13-9-8-10-25-65-46(70)18-19-47(65)71/h11-12,14-19,22,30,35-36,38,40,42-43,49-54,56,66-67,73-75,80-81H,7-10,13,20-21,23-29,31-33H2,1-6H3,(H,61,68)(H,62,69)(H,76,77)/b17-14-,22-11+,34-12+/t35-,36+,38+,40-,42+,43-,49-,50-,51+,52+,53-,54-,56+,59-,60+/m0/s1. The lowest BCUT2D eigenvalue weighted by atomic mass is 9.88. The summed E-state index contributed by atoms with van der Waals surface area (Å²) < 4.78 is 34.2. The minimum absolute atomic E-state index is 0.000975. The first kappa shape index (κ1) is 69.3. The van der Waals surface area contributed by atoms with E-state index in [1.165, 1.54) is 53.2 Å². The first-order valence-electron chi connectivity index (χ1n) is 29.5. The van der Waals surface area contributed by atoms with Crippen LogP contribution in [0.3, 0.4) is 0 Å². The topological polar surface area (TPSA) is 391 Å². The maximum absolute atomic E-state index is 13.8. The maximum atomic E-state index is 13.8. The number of benzene rings is 1. The van der Waals surface area contributed by atoms with Gasteiger partial charge < -0.3 is 89.7 Å². The summed E-state index contributed by atoms with van der Waals surface area (Å²) in [4.78, 5) is 105. The van der Waals surface area contributed by atoms with E-state index in [4.69, 9.17) is 28.4 Å². The lowest BCUT2D eigenvalue weighted by molar-refractivity contribution is -0.271. The molecule has 5 aliphatic rings. The molecule has 3 fully saturated rings. The van der Waals surface area contributed by atoms with Gasteiger partial charge in [0.1, 0.15) is 42.4 Å². The van der Waals surface area contributed by atoms with Crippen molar-refractivity contribution in [3.63, 3.8) is 0 Å². The molecule has 0 radical (unpaired) electrons. The Morgan fingerprint density at radius 2 is 1.57 bits per heavy atom. The second kappa shape index (κ2) is 31.4. The van der Waals surface area contributed by atoms with Crippen LogP contribution in [0.5, 0.6) is 5.75 Å². The number of ether oxygens (including phenoxy) is 6. The summed E-state index contributed by atoms with van der Waals surface area (Å²) in [7, 11) is 0. The number of piperazine rings is 1. The number of hydrogen-bond acceptors (Lipinski definition) is 21. The Kier molecular flexibility index (Phi) is 25.0. The fourth-order valence-corrected chi connectivity index (χ4v) is 10.4. The summed E-state index contributed by atoms with van der Waals surface area (Å²) in [6.45, 7) is 10.2. The van der Waals surface area contributed by atoms with Gasteiger partial charge in [0.2, 0.25) is 18.1 Å². The number of nitrogens with one attached hydrogen (secondary N) is 2. The second-order valence-corrected chi connectivity index (χ2v) is 23.3. The molecule has 0 saturated carbocycles. The molecule has 0 aliphatic carbocycles. The Balaban J connectivity index is 1.04. The molecule has 0 bridgehead atoms. The molecule has 1 aromatic carbocycles. The van der Waals surface area contributed by atoms with Gasteiger partial charge in [-0.25, -0.2) is 14.4 Å². The molecule has 15 atom stereocenters. The van der Waals surface area contributed by atoms with Crippen molar-refractivity contribution in [2.75, 3.05) is 44.6 Å². The molecule has 0 unspecified atom stereocenters. The zero-order valence-electron chi connectivity index (χ0n) is 49.9. The van der Waals surface area contributed by atoms with Gasteiger partial charge in [-0.3, -0.25) is 28.9 Å². The molecule has 482 valence electrons. The number of carbonyl (C=O) groups excluding carboxylic acids is 7. The molecule has 3 saturated heterocycles. The normalized spacial score (nSPS) is 29.9. The third kappa shape index (κ3) is 20.1. The fourth-order valence-electron chi connectivity index (χ4n) is 10.4. The first-order valence-corrected chi connectivity index (χ1v) is 29.5. The van der Waals surface area contributed by atoms with E-state index in [0.717, 1.165) is 4.90 Å². The van der Waals surface area contributed by atoms with Gasteiger partial charge in [-0.15, -0.1) is 0 Å². The van der Waals surface area contributed by atoms with Crippen molar-refractivity contribution in [3.8, 4) is 5.75 Å². The lowest BCUT2D eigenvalue weighted by Gasteiger charge is -2.38. The van der Waals surface area contributed by atoms with Gasteiger partial charge in [-0.05, 0) is 82.2 Å². The van der Waals surface area contributed by atoms with Crippen molar-refractivity contribution in [1.82, 2.24) is 20.0 Å². The number of epoxide rings is 1. The number of allylic oxidation sites excluding steroid dienone is 2. The van der Waals surface area contributed by atoms with Crippen molar-refractivity contribution in [3.05, 3.63) is 71.9 Å². The van der Waals surface area contributed by atoms with E-state index in [1.807, 2.05) is 13.8 Å². The van der Waals surface area contributed by atoms with E-state index in [9.17, 15) is 79.2 Å². The van der Waals surface area contributed by atoms with E-state index >= 15 is 0 Å². The van der Waals surface area contributed by atoms with Crippen LogP contribution in [0.4, 0.5) is 15.3 Å². The van der Waals surface area contributed by atoms with E-state index < -0.39 is 102 Å². The number of imide groups is 1. The Hall–Kier alpha value is -6.82. The molecule has 5 aliphatic heterocycles. The van der Waals surface area contributed by atoms with Crippen LogP contribution in [0.2, 0.25) is 0 Å². The number of anilines is 1. The quantitative estimate of drug-likeness (QED) is 0.0134. The Morgan fingerprint density at radius 3 is 2.24 bits per heavy atom. The number of esters is 1. The van der Waals surface area contributed by atoms with Gasteiger partial charge in [-0.2, -0.15) is 0 Å². The van der Waals surface area contributed by atoms with E-state index in [1.54, 1.807) is 45.1 Å². The highest BCUT2D eigenvalue weighted by Crippen LogP contribution is 2.38. The molecular weight excluding hydrogens is 1140 g/mol. The van der Waals surface area contributed by atoms with Crippen molar-refractivity contribution in [2.24, 2.45) is 11.8 Å². The number of hydrogen-bond donors (Lipinski definition) is 10. The molecule has 6 rings (SSSR count). The van der Waals surface area contributed by atoms with Crippen molar-refractivity contribution in [1.29, 1.82) is 0 Å². The highest BCUT2D eigenvalue weighted by Gasteiger charge is 2.49. The molecule has 27 heteroatoms. The van der Waals surface area contributed by atoms with Crippen LogP contribution in [0.25, 0.3) is 0 Å². The van der Waals surface area contributed by atoms with Crippen LogP contribution >= 0.6 is 0 Å². The lowest BCUT2D eigenvalue weighted by Crippen LogP contribution is -2.61. The van der Waals surface area contributed by atoms with Gasteiger partial charge in [-0.1, -0.05) is 57.6 Å². The summed E-state index contributed by atoms with van der Waals surface area (Å²) in [6, 6.07) is 4.07. The molecule has 6 amide bonds. The summed E-state index contributed by atoms with van der Waals surface area (Å²) in [5.41, 5.74) is -2.18. The summed E-state index contributed by atoms with van der Waals surface area (Å²) in [5, 5.41) is 90.1. The van der Waals surface area contributed by atoms with E-state index in [-0.39, 0.29) is 125 Å². The number of carbonyl (C=O) groups is 8. The van der Waals surface area contributed by atoms with Gasteiger partial charge in [0.15, 0.2) is 12.2 Å². The third-order valence-electron chi connectivity index (χ3n) is 16.0. The smallest absolute Gasteiger partial charge is 0.410 e. The Labute approximate surface area is 504 Å². The number of aliphatic hydroxyl groups excluding tert-OH is 5. The summed E-state index contributed by atoms with van der Waals surface area (Å²) in [5.74, 6) is -4.93. The maximum Gasteiger partial charge on any atom is 0.410 e. The number of cyclic esters (lactones) is 1. The molecule has 27 nitrogen and oxygen atoms in total. The molecule has 0 spiro atoms. The summed E-state index contributed by atoms with van der Waals surface area (Å²) >= 11 is 0. The van der Waals surface area contributed by atoms with Crippen LogP contribution in [0.1, 0.15) is 111 Å². The van der Waals surface area contributed by atoms with Crippen LogP contribution in [0.15, 0.2) is 66.3 Å². The predicted octanol–water partition coefficient (Wildman–Crippen LogP) is 1.87. The van der Waals surface area contributed by atoms with Crippen LogP contribution < -0.4 is 15.4 Å². The third-order valence-corrected chi connectivity index (χ3v) is 16.0. The summed E-state index contributed by atoms with van der Waals surface area (Å²) in [6.07, 6.45) is -3.33. The minimum atomic E-state index is -2.01. The zero-order chi connectivity index (χ0) is 63.9. The molecule has 87 heavy (non-hydrogen) atoms. The highest BCUT2D eigenvalue weighted by atomic mass is 16.7. The number of nitrogens with zero attached hydrogens (tertiary/aromatic N) is 3. The number of carboxylic acid groups (broad SMARTS) is 1. The minimum Gasteiger partial charge on any atom is -0.479 e. The fraction of sp³-hybridized carbons (Fsp3) is 0.633.